The summed E-state index contributed by atoms with van der Waals surface area (Å²) in [7, 11) is 0. The van der Waals surface area contributed by atoms with Gasteiger partial charge in [0.1, 0.15) is 0 Å². The summed E-state index contributed by atoms with van der Waals surface area (Å²) in [6.07, 6.45) is -0.0581. The van der Waals surface area contributed by atoms with Crippen molar-refractivity contribution in [1.82, 2.24) is 0 Å². The second kappa shape index (κ2) is 9.12. The number of nitrogens with one attached hydrogen (secondary N) is 1. The van der Waals surface area contributed by atoms with Crippen molar-refractivity contribution < 1.29 is 19.5 Å². The normalized spacial score (nSPS) is 10.8. The van der Waals surface area contributed by atoms with Gasteiger partial charge in [0, 0.05) is 32.8 Å². The highest BCUT2D eigenvalue weighted by atomic mass is 35.5. The minimum atomic E-state index is -1.17. The van der Waals surface area contributed by atoms with Gasteiger partial charge in [-0.2, -0.15) is 0 Å². The predicted molar refractivity (Wildman–Crippen MR) is 128 cm³/mol. The second-order valence-electron chi connectivity index (χ2n) is 7.03. The van der Waals surface area contributed by atoms with Crippen molar-refractivity contribution in [2.24, 2.45) is 0 Å². The lowest BCUT2D eigenvalue weighted by Crippen LogP contribution is -2.13. The molecule has 1 aromatic heterocycles. The average Bonchev–Trinajstić information content (AvgIpc) is 3.11. The van der Waals surface area contributed by atoms with Crippen molar-refractivity contribution in [2.45, 2.75) is 6.42 Å². The van der Waals surface area contributed by atoms with E-state index in [1.165, 1.54) is 23.5 Å². The number of rotatable bonds is 6. The van der Waals surface area contributed by atoms with E-state index in [-0.39, 0.29) is 23.5 Å². The van der Waals surface area contributed by atoms with E-state index < -0.39 is 11.9 Å². The quantitative estimate of drug-likeness (QED) is 0.303. The zero-order valence-electron chi connectivity index (χ0n) is 16.4. The number of hydrogen-bond donors (Lipinski definition) is 2. The van der Waals surface area contributed by atoms with E-state index in [0.29, 0.717) is 26.0 Å². The number of ketones is 1. The summed E-state index contributed by atoms with van der Waals surface area (Å²) >= 11 is 13.6. The van der Waals surface area contributed by atoms with Gasteiger partial charge in [-0.1, -0.05) is 41.4 Å². The fourth-order valence-corrected chi connectivity index (χ4v) is 4.85. The molecule has 0 unspecified atom stereocenters. The third kappa shape index (κ3) is 4.67. The first kappa shape index (κ1) is 22.0. The van der Waals surface area contributed by atoms with E-state index in [4.69, 9.17) is 23.2 Å². The van der Waals surface area contributed by atoms with E-state index in [2.05, 4.69) is 5.32 Å². The number of fused-ring (bicyclic) bond motifs is 1. The summed E-state index contributed by atoms with van der Waals surface area (Å²) in [5.74, 6) is -1.82. The molecule has 0 aliphatic heterocycles. The number of hydrogen-bond acceptors (Lipinski definition) is 4. The van der Waals surface area contributed by atoms with Crippen molar-refractivity contribution in [1.29, 1.82) is 0 Å². The van der Waals surface area contributed by atoms with Crippen molar-refractivity contribution >= 4 is 68.0 Å². The summed E-state index contributed by atoms with van der Waals surface area (Å²) in [5, 5.41) is 13.8. The number of carbonyl (C=O) groups is 3. The molecule has 0 aliphatic carbocycles. The Labute approximate surface area is 197 Å². The topological polar surface area (TPSA) is 83.5 Å². The van der Waals surface area contributed by atoms with Gasteiger partial charge in [-0.15, -0.1) is 11.3 Å². The van der Waals surface area contributed by atoms with Gasteiger partial charge in [0.25, 0.3) is 5.91 Å². The van der Waals surface area contributed by atoms with Crippen LogP contribution in [0.15, 0.2) is 66.7 Å². The Balaban J connectivity index is 1.61. The predicted octanol–water partition coefficient (Wildman–Crippen LogP) is 6.58. The molecular weight excluding hydrogens is 469 g/mol. The largest absolute Gasteiger partial charge is 0.478 e. The molecule has 1 amide bonds. The Morgan fingerprint density at radius 3 is 2.31 bits per heavy atom. The highest BCUT2D eigenvalue weighted by molar-refractivity contribution is 7.21. The van der Waals surface area contributed by atoms with Crippen LogP contribution in [-0.4, -0.2) is 22.8 Å². The molecule has 2 N–H and O–H groups in total. The molecule has 0 saturated carbocycles. The van der Waals surface area contributed by atoms with Gasteiger partial charge in [0.05, 0.1) is 15.5 Å². The SMILES string of the molecule is O=C(O)c1cc(CC(=O)c2sc3ccccc3c2Cl)cc(NC(=O)c2ccc(Cl)cc2)c1. The number of amides is 1. The van der Waals surface area contributed by atoms with Crippen LogP contribution in [0.1, 0.15) is 36.0 Å². The molecule has 0 atom stereocenters. The second-order valence-corrected chi connectivity index (χ2v) is 8.89. The minimum absolute atomic E-state index is 0.0378. The lowest BCUT2D eigenvalue weighted by Gasteiger charge is -2.10. The lowest BCUT2D eigenvalue weighted by atomic mass is 10.0. The monoisotopic (exact) mass is 483 g/mol. The molecule has 1 heterocycles. The van der Waals surface area contributed by atoms with Gasteiger partial charge >= 0.3 is 5.97 Å². The first-order valence-electron chi connectivity index (χ1n) is 9.46. The Bertz CT molecular complexity index is 1360. The first-order chi connectivity index (χ1) is 15.3. The van der Waals surface area contributed by atoms with Gasteiger partial charge in [0.15, 0.2) is 5.78 Å². The molecule has 0 spiro atoms. The van der Waals surface area contributed by atoms with Gasteiger partial charge in [-0.25, -0.2) is 4.79 Å². The fourth-order valence-electron chi connectivity index (χ4n) is 3.25. The van der Waals surface area contributed by atoms with Crippen molar-refractivity contribution in [3.63, 3.8) is 0 Å². The van der Waals surface area contributed by atoms with E-state index in [1.54, 1.807) is 30.3 Å². The van der Waals surface area contributed by atoms with Crippen LogP contribution in [0.3, 0.4) is 0 Å². The van der Waals surface area contributed by atoms with Gasteiger partial charge in [0.2, 0.25) is 0 Å². The van der Waals surface area contributed by atoms with Crippen LogP contribution in [0, 0.1) is 0 Å². The number of carboxylic acids is 1. The van der Waals surface area contributed by atoms with Crippen LogP contribution in [0.25, 0.3) is 10.1 Å². The standard InChI is InChI=1S/C24H15Cl2NO4S/c25-16-7-5-14(6-8-16)23(29)27-17-10-13(9-15(12-17)24(30)31)11-19(28)22-21(26)18-3-1-2-4-20(18)32-22/h1-10,12H,11H2,(H,27,29)(H,30,31). The maximum atomic E-state index is 13.0. The summed E-state index contributed by atoms with van der Waals surface area (Å²) in [6, 6.07) is 18.1. The van der Waals surface area contributed by atoms with Crippen LogP contribution in [0.4, 0.5) is 5.69 Å². The number of Topliss-reactive ketones (excluding diaryl/α,β-unsaturated/α-hetero) is 1. The Hall–Kier alpha value is -3.19. The van der Waals surface area contributed by atoms with Gasteiger partial charge in [-0.3, -0.25) is 9.59 Å². The molecule has 4 rings (SSSR count). The summed E-state index contributed by atoms with van der Waals surface area (Å²) in [5.41, 5.74) is 1.05. The van der Waals surface area contributed by atoms with Crippen LogP contribution >= 0.6 is 34.5 Å². The van der Waals surface area contributed by atoms with Crippen LogP contribution in [0.5, 0.6) is 0 Å². The smallest absolute Gasteiger partial charge is 0.335 e. The number of aromatic carboxylic acids is 1. The maximum Gasteiger partial charge on any atom is 0.335 e. The molecular formula is C24H15Cl2NO4S. The van der Waals surface area contributed by atoms with Crippen molar-refractivity contribution in [3.05, 3.63) is 98.3 Å². The van der Waals surface area contributed by atoms with Crippen molar-refractivity contribution in [2.75, 3.05) is 5.32 Å². The molecule has 8 heteroatoms. The van der Waals surface area contributed by atoms with E-state index in [9.17, 15) is 19.5 Å². The molecule has 32 heavy (non-hydrogen) atoms. The van der Waals surface area contributed by atoms with Crippen LogP contribution in [-0.2, 0) is 6.42 Å². The zero-order chi connectivity index (χ0) is 22.8. The molecule has 3 aromatic carbocycles. The number of carbonyl (C=O) groups excluding carboxylic acids is 2. The number of benzene rings is 3. The molecule has 4 aromatic rings. The third-order valence-corrected chi connectivity index (χ3v) is 6.73. The number of thiophene rings is 1. The number of carboxylic acid groups (broad SMARTS) is 1. The zero-order valence-corrected chi connectivity index (χ0v) is 18.7. The maximum absolute atomic E-state index is 13.0. The number of halogens is 2. The average molecular weight is 484 g/mol. The van der Waals surface area contributed by atoms with E-state index in [0.717, 1.165) is 10.1 Å². The Morgan fingerprint density at radius 2 is 1.62 bits per heavy atom. The molecule has 160 valence electrons. The molecule has 0 aliphatic rings. The van der Waals surface area contributed by atoms with Gasteiger partial charge < -0.3 is 10.4 Å². The van der Waals surface area contributed by atoms with Gasteiger partial charge in [-0.05, 0) is 54.1 Å². The Kier molecular flexibility index (Phi) is 6.28. The van der Waals surface area contributed by atoms with Crippen LogP contribution in [0.2, 0.25) is 10.0 Å². The molecule has 0 bridgehead atoms. The molecule has 0 fully saturated rings. The molecule has 5 nitrogen and oxygen atoms in total. The number of anilines is 1. The van der Waals surface area contributed by atoms with Crippen molar-refractivity contribution in [3.8, 4) is 0 Å². The highest BCUT2D eigenvalue weighted by Gasteiger charge is 2.19. The third-order valence-electron chi connectivity index (χ3n) is 4.76. The first-order valence-corrected chi connectivity index (χ1v) is 11.0. The Morgan fingerprint density at radius 1 is 0.906 bits per heavy atom. The molecule has 0 radical (unpaired) electrons. The molecule has 0 saturated heterocycles. The van der Waals surface area contributed by atoms with Crippen LogP contribution < -0.4 is 5.32 Å². The lowest BCUT2D eigenvalue weighted by molar-refractivity contribution is 0.0696. The highest BCUT2D eigenvalue weighted by Crippen LogP contribution is 2.36. The fraction of sp³-hybridized carbons (Fsp3) is 0.0417. The minimum Gasteiger partial charge on any atom is -0.478 e. The van der Waals surface area contributed by atoms with E-state index >= 15 is 0 Å². The summed E-state index contributed by atoms with van der Waals surface area (Å²) in [6.45, 7) is 0. The summed E-state index contributed by atoms with van der Waals surface area (Å²) < 4.78 is 0.899. The van der Waals surface area contributed by atoms with E-state index in [1.807, 2.05) is 24.3 Å². The summed E-state index contributed by atoms with van der Waals surface area (Å²) in [4.78, 5) is 37.5.